The first-order valence-corrected chi connectivity index (χ1v) is 9.52. The number of hydrogen-bond donors (Lipinski definition) is 1. The summed E-state index contributed by atoms with van der Waals surface area (Å²) in [7, 11) is 3.76. The Labute approximate surface area is 158 Å². The van der Waals surface area contributed by atoms with E-state index in [-0.39, 0.29) is 17.9 Å². The third-order valence-corrected chi connectivity index (χ3v) is 6.52. The Morgan fingerprint density at radius 2 is 2.04 bits per heavy atom. The molecule has 1 N–H and O–H groups in total. The first-order chi connectivity index (χ1) is 12.3. The molecule has 3 atom stereocenters. The number of fused-ring (bicyclic) bond motifs is 2. The fourth-order valence-corrected chi connectivity index (χ4v) is 4.83. The largest absolute Gasteiger partial charge is 0.350 e. The minimum atomic E-state index is 0.0122. The van der Waals surface area contributed by atoms with E-state index < -0.39 is 0 Å². The van der Waals surface area contributed by atoms with Gasteiger partial charge in [0.05, 0.1) is 0 Å². The molecular formula is C20H24ClN3O2. The van der Waals surface area contributed by atoms with Gasteiger partial charge in [-0.25, -0.2) is 0 Å². The van der Waals surface area contributed by atoms with Crippen LogP contribution in [-0.4, -0.2) is 53.3 Å². The highest BCUT2D eigenvalue weighted by Gasteiger charge is 2.42. The van der Waals surface area contributed by atoms with Crippen molar-refractivity contribution in [3.63, 3.8) is 0 Å². The molecule has 0 bridgehead atoms. The van der Waals surface area contributed by atoms with Crippen LogP contribution in [0.3, 0.4) is 0 Å². The number of carbonyl (C=O) groups excluding carboxylic acids is 2. The van der Waals surface area contributed by atoms with Crippen molar-refractivity contribution in [1.82, 2.24) is 14.8 Å². The molecule has 138 valence electrons. The molecule has 5 nitrogen and oxygen atoms in total. The number of hydrogen-bond acceptors (Lipinski definition) is 2. The van der Waals surface area contributed by atoms with Crippen LogP contribution in [0.4, 0.5) is 0 Å². The van der Waals surface area contributed by atoms with Gasteiger partial charge in [-0.3, -0.25) is 9.59 Å². The van der Waals surface area contributed by atoms with Crippen molar-refractivity contribution >= 4 is 34.3 Å². The maximum absolute atomic E-state index is 13.1. The standard InChI is InChI=1S/C20H24ClN3O2/c1-11-16-9-14(21)4-5-17(16)22-19(11)20(26)24(3)15-6-12-8-18(25)23(2)10-13(12)7-15/h4-5,9,12-13,15,22H,6-8,10H2,1-3H3/t12-,13+,15-/m1/s1. The summed E-state index contributed by atoms with van der Waals surface area (Å²) in [4.78, 5) is 32.0. The van der Waals surface area contributed by atoms with E-state index in [2.05, 4.69) is 4.98 Å². The number of likely N-dealkylation sites (tertiary alicyclic amines) is 1. The number of aromatic amines is 1. The molecule has 1 aliphatic carbocycles. The van der Waals surface area contributed by atoms with Crippen LogP contribution < -0.4 is 0 Å². The van der Waals surface area contributed by atoms with Gasteiger partial charge in [-0.2, -0.15) is 0 Å². The zero-order chi connectivity index (χ0) is 18.6. The van der Waals surface area contributed by atoms with Crippen molar-refractivity contribution in [1.29, 1.82) is 0 Å². The van der Waals surface area contributed by atoms with Crippen LogP contribution in [0.25, 0.3) is 10.9 Å². The Morgan fingerprint density at radius 1 is 1.31 bits per heavy atom. The van der Waals surface area contributed by atoms with Crippen LogP contribution in [0.15, 0.2) is 18.2 Å². The van der Waals surface area contributed by atoms with Crippen molar-refractivity contribution in [3.05, 3.63) is 34.5 Å². The van der Waals surface area contributed by atoms with Crippen LogP contribution >= 0.6 is 11.6 Å². The average Bonchev–Trinajstić information content (AvgIpc) is 3.15. The molecule has 2 heterocycles. The third kappa shape index (κ3) is 2.78. The molecule has 1 saturated carbocycles. The van der Waals surface area contributed by atoms with Crippen molar-refractivity contribution in [2.45, 2.75) is 32.2 Å². The predicted molar refractivity (Wildman–Crippen MR) is 102 cm³/mol. The first-order valence-electron chi connectivity index (χ1n) is 9.14. The summed E-state index contributed by atoms with van der Waals surface area (Å²) in [6, 6.07) is 5.82. The Morgan fingerprint density at radius 3 is 2.81 bits per heavy atom. The molecular weight excluding hydrogens is 350 g/mol. The van der Waals surface area contributed by atoms with Gasteiger partial charge >= 0.3 is 0 Å². The molecule has 0 unspecified atom stereocenters. The van der Waals surface area contributed by atoms with E-state index in [1.54, 1.807) is 0 Å². The van der Waals surface area contributed by atoms with E-state index in [1.165, 1.54) is 0 Å². The second-order valence-electron chi connectivity index (χ2n) is 7.85. The maximum Gasteiger partial charge on any atom is 0.270 e. The van der Waals surface area contributed by atoms with E-state index in [1.807, 2.05) is 49.0 Å². The summed E-state index contributed by atoms with van der Waals surface area (Å²) in [5.41, 5.74) is 2.49. The number of aromatic nitrogens is 1. The number of H-pyrrole nitrogens is 1. The molecule has 1 aromatic carbocycles. The maximum atomic E-state index is 13.1. The molecule has 0 spiro atoms. The molecule has 1 aromatic heterocycles. The number of piperidine rings is 1. The highest BCUT2D eigenvalue weighted by molar-refractivity contribution is 6.31. The monoisotopic (exact) mass is 373 g/mol. The predicted octanol–water partition coefficient (Wildman–Crippen LogP) is 3.46. The quantitative estimate of drug-likeness (QED) is 0.876. The fraction of sp³-hybridized carbons (Fsp3) is 0.500. The molecule has 2 fully saturated rings. The van der Waals surface area contributed by atoms with Gasteiger partial charge in [0.2, 0.25) is 5.91 Å². The topological polar surface area (TPSA) is 56.4 Å². The van der Waals surface area contributed by atoms with E-state index in [0.717, 1.165) is 35.9 Å². The summed E-state index contributed by atoms with van der Waals surface area (Å²) >= 11 is 6.10. The lowest BCUT2D eigenvalue weighted by Gasteiger charge is -2.31. The van der Waals surface area contributed by atoms with Crippen LogP contribution in [0.5, 0.6) is 0 Å². The van der Waals surface area contributed by atoms with E-state index in [0.29, 0.717) is 29.0 Å². The number of nitrogens with zero attached hydrogens (tertiary/aromatic N) is 2. The lowest BCUT2D eigenvalue weighted by molar-refractivity contribution is -0.134. The van der Waals surface area contributed by atoms with Gasteiger partial charge in [0.25, 0.3) is 5.91 Å². The second kappa shape index (κ2) is 6.31. The lowest BCUT2D eigenvalue weighted by Crippen LogP contribution is -2.40. The van der Waals surface area contributed by atoms with E-state index in [9.17, 15) is 9.59 Å². The number of aryl methyl sites for hydroxylation is 1. The highest BCUT2D eigenvalue weighted by atomic mass is 35.5. The fourth-order valence-electron chi connectivity index (χ4n) is 4.66. The highest BCUT2D eigenvalue weighted by Crippen LogP contribution is 2.40. The number of halogens is 1. The summed E-state index contributed by atoms with van der Waals surface area (Å²) in [5, 5.41) is 1.65. The zero-order valence-electron chi connectivity index (χ0n) is 15.4. The smallest absolute Gasteiger partial charge is 0.270 e. The molecule has 0 radical (unpaired) electrons. The summed E-state index contributed by atoms with van der Waals surface area (Å²) < 4.78 is 0. The van der Waals surface area contributed by atoms with Crippen LogP contribution in [0.2, 0.25) is 5.02 Å². The molecule has 1 saturated heterocycles. The lowest BCUT2D eigenvalue weighted by atomic mass is 9.88. The zero-order valence-corrected chi connectivity index (χ0v) is 16.1. The van der Waals surface area contributed by atoms with Gasteiger partial charge in [-0.15, -0.1) is 0 Å². The molecule has 2 aromatic rings. The normalized spacial score (nSPS) is 25.6. The van der Waals surface area contributed by atoms with Crippen molar-refractivity contribution in [2.24, 2.45) is 11.8 Å². The van der Waals surface area contributed by atoms with Gasteiger partial charge in [-0.1, -0.05) is 11.6 Å². The molecule has 2 aliphatic rings. The van der Waals surface area contributed by atoms with Crippen molar-refractivity contribution < 1.29 is 9.59 Å². The Kier molecular flexibility index (Phi) is 4.22. The SMILES string of the molecule is Cc1c(C(=O)N(C)[C@@H]2C[C@@H]3CC(=O)N(C)C[C@@H]3C2)[nH]c2ccc(Cl)cc12. The minimum absolute atomic E-state index is 0.0122. The summed E-state index contributed by atoms with van der Waals surface area (Å²) in [5.74, 6) is 1.14. The van der Waals surface area contributed by atoms with Crippen LogP contribution in [-0.2, 0) is 4.79 Å². The number of nitrogens with one attached hydrogen (secondary N) is 1. The van der Waals surface area contributed by atoms with Gasteiger partial charge in [0.1, 0.15) is 5.69 Å². The molecule has 26 heavy (non-hydrogen) atoms. The Balaban J connectivity index is 1.56. The number of amides is 2. The second-order valence-corrected chi connectivity index (χ2v) is 8.29. The van der Waals surface area contributed by atoms with Crippen molar-refractivity contribution in [3.8, 4) is 0 Å². The Bertz CT molecular complexity index is 891. The van der Waals surface area contributed by atoms with Crippen molar-refractivity contribution in [2.75, 3.05) is 20.6 Å². The van der Waals surface area contributed by atoms with Gasteiger partial charge in [0, 0.05) is 49.0 Å². The number of benzene rings is 1. The molecule has 2 amide bonds. The van der Waals surface area contributed by atoms with Gasteiger partial charge in [-0.05, 0) is 55.4 Å². The molecule has 6 heteroatoms. The summed E-state index contributed by atoms with van der Waals surface area (Å²) in [6.07, 6.45) is 2.50. The van der Waals surface area contributed by atoms with E-state index >= 15 is 0 Å². The summed E-state index contributed by atoms with van der Waals surface area (Å²) in [6.45, 7) is 2.77. The number of rotatable bonds is 2. The van der Waals surface area contributed by atoms with E-state index in [4.69, 9.17) is 11.6 Å². The Hall–Kier alpha value is -2.01. The third-order valence-electron chi connectivity index (χ3n) is 6.29. The average molecular weight is 374 g/mol. The minimum Gasteiger partial charge on any atom is -0.350 e. The van der Waals surface area contributed by atoms with Crippen LogP contribution in [0.1, 0.15) is 35.3 Å². The molecule has 1 aliphatic heterocycles. The van der Waals surface area contributed by atoms with Crippen LogP contribution in [0, 0.1) is 18.8 Å². The van der Waals surface area contributed by atoms with Gasteiger partial charge in [0.15, 0.2) is 0 Å². The molecule has 4 rings (SSSR count). The number of carbonyl (C=O) groups is 2. The van der Waals surface area contributed by atoms with Gasteiger partial charge < -0.3 is 14.8 Å². The first kappa shape index (κ1) is 17.4.